The average Bonchev–Trinajstić information content (AvgIpc) is 3.27. The van der Waals surface area contributed by atoms with Crippen molar-refractivity contribution in [2.45, 2.75) is 6.61 Å². The Morgan fingerprint density at radius 1 is 0.903 bits per heavy atom. The fourth-order valence-corrected chi connectivity index (χ4v) is 3.10. The number of fused-ring (bicyclic) bond motifs is 1. The molecule has 1 aromatic heterocycles. The summed E-state index contributed by atoms with van der Waals surface area (Å²) in [6, 6.07) is 23.7. The van der Waals surface area contributed by atoms with Crippen LogP contribution in [0.5, 0.6) is 5.75 Å². The standard InChI is InChI=1S/C24H19ClN2O4/c25-18-6-8-19(9-7-18)27-23(28)14-26-24(29)22-12-11-21(31-22)15-30-20-10-5-16-3-1-2-4-17(16)13-20/h1-13H,14-15H2,(H,26,29)(H,27,28). The Kier molecular flexibility index (Phi) is 6.19. The average molecular weight is 435 g/mol. The maximum Gasteiger partial charge on any atom is 0.287 e. The molecule has 1 heterocycles. The summed E-state index contributed by atoms with van der Waals surface area (Å²) in [5.74, 6) is 0.477. The molecule has 31 heavy (non-hydrogen) atoms. The molecule has 0 atom stereocenters. The van der Waals surface area contributed by atoms with Gasteiger partial charge >= 0.3 is 0 Å². The number of carbonyl (C=O) groups excluding carboxylic acids is 2. The largest absolute Gasteiger partial charge is 0.486 e. The lowest BCUT2D eigenvalue weighted by Gasteiger charge is -2.07. The number of anilines is 1. The summed E-state index contributed by atoms with van der Waals surface area (Å²) in [6.45, 7) is -0.00619. The summed E-state index contributed by atoms with van der Waals surface area (Å²) in [5, 5.41) is 7.98. The molecule has 2 N–H and O–H groups in total. The van der Waals surface area contributed by atoms with Gasteiger partial charge in [-0.05, 0) is 59.3 Å². The molecule has 4 rings (SSSR count). The number of furan rings is 1. The first-order valence-corrected chi connectivity index (χ1v) is 9.98. The third-order valence-corrected chi connectivity index (χ3v) is 4.78. The molecule has 7 heteroatoms. The molecule has 0 radical (unpaired) electrons. The van der Waals surface area contributed by atoms with E-state index in [1.165, 1.54) is 0 Å². The lowest BCUT2D eigenvalue weighted by molar-refractivity contribution is -0.115. The van der Waals surface area contributed by atoms with Gasteiger partial charge in [-0.15, -0.1) is 0 Å². The van der Waals surface area contributed by atoms with Gasteiger partial charge < -0.3 is 19.8 Å². The van der Waals surface area contributed by atoms with E-state index in [0.29, 0.717) is 22.2 Å². The number of carbonyl (C=O) groups is 2. The monoisotopic (exact) mass is 434 g/mol. The van der Waals surface area contributed by atoms with E-state index < -0.39 is 5.91 Å². The number of ether oxygens (including phenoxy) is 1. The van der Waals surface area contributed by atoms with Crippen LogP contribution in [0.2, 0.25) is 5.02 Å². The van der Waals surface area contributed by atoms with Crippen molar-refractivity contribution >= 4 is 39.9 Å². The van der Waals surface area contributed by atoms with E-state index in [1.54, 1.807) is 36.4 Å². The quantitative estimate of drug-likeness (QED) is 0.427. The van der Waals surface area contributed by atoms with Crippen molar-refractivity contribution in [2.75, 3.05) is 11.9 Å². The van der Waals surface area contributed by atoms with E-state index in [4.69, 9.17) is 20.8 Å². The molecule has 156 valence electrons. The highest BCUT2D eigenvalue weighted by Crippen LogP contribution is 2.22. The number of rotatable bonds is 7. The Morgan fingerprint density at radius 2 is 1.68 bits per heavy atom. The molecule has 0 saturated carbocycles. The van der Waals surface area contributed by atoms with Crippen LogP contribution >= 0.6 is 11.6 Å². The van der Waals surface area contributed by atoms with E-state index in [2.05, 4.69) is 10.6 Å². The molecule has 0 unspecified atom stereocenters. The van der Waals surface area contributed by atoms with Gasteiger partial charge in [0, 0.05) is 10.7 Å². The van der Waals surface area contributed by atoms with E-state index in [1.807, 2.05) is 42.5 Å². The van der Waals surface area contributed by atoms with Crippen molar-refractivity contribution in [3.05, 3.63) is 95.4 Å². The Labute approximate surface area is 183 Å². The second-order valence-electron chi connectivity index (χ2n) is 6.80. The third-order valence-electron chi connectivity index (χ3n) is 4.52. The zero-order chi connectivity index (χ0) is 21.6. The van der Waals surface area contributed by atoms with Gasteiger partial charge in [0.05, 0.1) is 6.54 Å². The predicted octanol–water partition coefficient (Wildman–Crippen LogP) is 5.03. The highest BCUT2D eigenvalue weighted by molar-refractivity contribution is 6.30. The molecule has 0 fully saturated rings. The van der Waals surface area contributed by atoms with Crippen LogP contribution in [0.1, 0.15) is 16.3 Å². The Hall–Kier alpha value is -3.77. The molecule has 0 aliphatic rings. The molecule has 0 aliphatic heterocycles. The van der Waals surface area contributed by atoms with Gasteiger partial charge in [0.1, 0.15) is 18.1 Å². The van der Waals surface area contributed by atoms with Gasteiger partial charge in [-0.3, -0.25) is 9.59 Å². The minimum Gasteiger partial charge on any atom is -0.486 e. The first kappa shape index (κ1) is 20.5. The van der Waals surface area contributed by atoms with Crippen molar-refractivity contribution < 1.29 is 18.7 Å². The molecule has 2 amide bonds. The Morgan fingerprint density at radius 3 is 2.48 bits per heavy atom. The summed E-state index contributed by atoms with van der Waals surface area (Å²) in [7, 11) is 0. The van der Waals surface area contributed by atoms with Crippen molar-refractivity contribution in [3.63, 3.8) is 0 Å². The van der Waals surface area contributed by atoms with Crippen LogP contribution in [0, 0.1) is 0 Å². The number of amides is 2. The molecule has 3 aromatic carbocycles. The van der Waals surface area contributed by atoms with Gasteiger partial charge in [-0.1, -0.05) is 41.9 Å². The van der Waals surface area contributed by atoms with E-state index in [-0.39, 0.29) is 24.8 Å². The van der Waals surface area contributed by atoms with Crippen molar-refractivity contribution in [1.82, 2.24) is 5.32 Å². The van der Waals surface area contributed by atoms with Crippen molar-refractivity contribution in [3.8, 4) is 5.75 Å². The number of hydrogen-bond acceptors (Lipinski definition) is 4. The van der Waals surface area contributed by atoms with Gasteiger partial charge in [0.2, 0.25) is 5.91 Å². The summed E-state index contributed by atoms with van der Waals surface area (Å²) in [5.41, 5.74) is 0.592. The van der Waals surface area contributed by atoms with E-state index >= 15 is 0 Å². The maximum atomic E-state index is 12.2. The minimum atomic E-state index is -0.483. The maximum absolute atomic E-state index is 12.2. The summed E-state index contributed by atoms with van der Waals surface area (Å²) < 4.78 is 11.3. The highest BCUT2D eigenvalue weighted by Gasteiger charge is 2.13. The molecule has 0 aliphatic carbocycles. The fourth-order valence-electron chi connectivity index (χ4n) is 2.98. The molecule has 4 aromatic rings. The molecule has 0 spiro atoms. The van der Waals surface area contributed by atoms with Gasteiger partial charge in [0.25, 0.3) is 5.91 Å². The second kappa shape index (κ2) is 9.36. The first-order chi connectivity index (χ1) is 15.1. The van der Waals surface area contributed by atoms with E-state index in [0.717, 1.165) is 10.8 Å². The normalized spacial score (nSPS) is 10.6. The lowest BCUT2D eigenvalue weighted by atomic mass is 10.1. The minimum absolute atomic E-state index is 0.108. The zero-order valence-electron chi connectivity index (χ0n) is 16.4. The van der Waals surface area contributed by atoms with Crippen LogP contribution in [0.25, 0.3) is 10.8 Å². The topological polar surface area (TPSA) is 80.6 Å². The van der Waals surface area contributed by atoms with Gasteiger partial charge in [-0.2, -0.15) is 0 Å². The predicted molar refractivity (Wildman–Crippen MR) is 119 cm³/mol. The third kappa shape index (κ3) is 5.43. The van der Waals surface area contributed by atoms with Crippen LogP contribution in [-0.4, -0.2) is 18.4 Å². The Bertz CT molecular complexity index is 1220. The molecule has 6 nitrogen and oxygen atoms in total. The van der Waals surface area contributed by atoms with Crippen LogP contribution in [0.4, 0.5) is 5.69 Å². The number of benzene rings is 3. The smallest absolute Gasteiger partial charge is 0.287 e. The lowest BCUT2D eigenvalue weighted by Crippen LogP contribution is -2.32. The molecule has 0 bridgehead atoms. The second-order valence-corrected chi connectivity index (χ2v) is 7.24. The fraction of sp³-hybridized carbons (Fsp3) is 0.0833. The molecular weight excluding hydrogens is 416 g/mol. The van der Waals surface area contributed by atoms with Crippen LogP contribution in [0.3, 0.4) is 0 Å². The van der Waals surface area contributed by atoms with Crippen LogP contribution < -0.4 is 15.4 Å². The molecule has 0 saturated heterocycles. The van der Waals surface area contributed by atoms with Crippen LogP contribution in [-0.2, 0) is 11.4 Å². The van der Waals surface area contributed by atoms with Gasteiger partial charge in [0.15, 0.2) is 5.76 Å². The summed E-state index contributed by atoms with van der Waals surface area (Å²) >= 11 is 5.81. The first-order valence-electron chi connectivity index (χ1n) is 9.61. The van der Waals surface area contributed by atoms with Crippen LogP contribution in [0.15, 0.2) is 83.3 Å². The number of hydrogen-bond donors (Lipinski definition) is 2. The summed E-state index contributed by atoms with van der Waals surface area (Å²) in [4.78, 5) is 24.2. The van der Waals surface area contributed by atoms with Gasteiger partial charge in [-0.25, -0.2) is 0 Å². The summed E-state index contributed by atoms with van der Waals surface area (Å²) in [6.07, 6.45) is 0. The van der Waals surface area contributed by atoms with Crippen molar-refractivity contribution in [1.29, 1.82) is 0 Å². The highest BCUT2D eigenvalue weighted by atomic mass is 35.5. The Balaban J connectivity index is 1.27. The molecular formula is C24H19ClN2O4. The zero-order valence-corrected chi connectivity index (χ0v) is 17.2. The SMILES string of the molecule is O=C(CNC(=O)c1ccc(COc2ccc3ccccc3c2)o1)Nc1ccc(Cl)cc1. The number of halogens is 1. The van der Waals surface area contributed by atoms with E-state index in [9.17, 15) is 9.59 Å². The van der Waals surface area contributed by atoms with Crippen molar-refractivity contribution in [2.24, 2.45) is 0 Å². The number of nitrogens with one attached hydrogen (secondary N) is 2.